The molecule has 1 N–H and O–H groups in total. The monoisotopic (exact) mass is 381 g/mol. The zero-order valence-corrected chi connectivity index (χ0v) is 15.1. The number of aryl methyl sites for hydroxylation is 1. The van der Waals surface area contributed by atoms with Crippen LogP contribution in [-0.4, -0.2) is 41.7 Å². The Labute approximate surface area is 160 Å². The highest BCUT2D eigenvalue weighted by Gasteiger charge is 2.35. The number of aliphatic carboxylic acids is 1. The quantitative estimate of drug-likeness (QED) is 0.708. The molecule has 0 radical (unpaired) electrons. The maximum Gasteiger partial charge on any atom is 0.262 e. The normalized spacial score (nSPS) is 12.7. The maximum atomic E-state index is 12.4. The average Bonchev–Trinajstić information content (AvgIpc) is 2.89. The Hall–Kier alpha value is -3.68. The summed E-state index contributed by atoms with van der Waals surface area (Å²) in [5.74, 6) is -2.39. The number of carbonyl (C=O) groups excluding carboxylic acids is 4. The largest absolute Gasteiger partial charge is 0.550 e. The highest BCUT2D eigenvalue weighted by molar-refractivity contribution is 6.22. The molecule has 2 aromatic carbocycles. The molecule has 0 fully saturated rings. The van der Waals surface area contributed by atoms with Crippen LogP contribution >= 0.6 is 0 Å². The number of nitrogens with one attached hydrogen (secondary N) is 1. The van der Waals surface area contributed by atoms with Crippen molar-refractivity contribution in [1.82, 2.24) is 4.90 Å². The van der Waals surface area contributed by atoms with E-state index in [4.69, 9.17) is 4.74 Å². The van der Waals surface area contributed by atoms with E-state index in [0.29, 0.717) is 11.4 Å². The van der Waals surface area contributed by atoms with Crippen LogP contribution < -0.4 is 15.2 Å². The summed E-state index contributed by atoms with van der Waals surface area (Å²) in [6.45, 7) is 1.46. The van der Waals surface area contributed by atoms with Gasteiger partial charge in [0.05, 0.1) is 11.1 Å². The lowest BCUT2D eigenvalue weighted by Gasteiger charge is -2.13. The topological polar surface area (TPSA) is 116 Å². The summed E-state index contributed by atoms with van der Waals surface area (Å²) in [7, 11) is 0. The third-order valence-corrected chi connectivity index (χ3v) is 4.18. The van der Waals surface area contributed by atoms with Crippen LogP contribution in [0.25, 0.3) is 0 Å². The SMILES string of the molecule is Cc1ccc(OCC(=O)Nc2ccc3c(c2)C(=O)N(CCC(=O)[O-])C3=O)cc1. The minimum Gasteiger partial charge on any atom is -0.550 e. The molecule has 2 aromatic rings. The number of carboxylic acid groups (broad SMARTS) is 1. The fourth-order valence-corrected chi connectivity index (χ4v) is 2.76. The summed E-state index contributed by atoms with van der Waals surface area (Å²) in [5, 5.41) is 13.2. The van der Waals surface area contributed by atoms with Crippen LogP contribution in [0.1, 0.15) is 32.7 Å². The van der Waals surface area contributed by atoms with Gasteiger partial charge in [0.2, 0.25) is 0 Å². The molecular formula is C20H17N2O6-. The van der Waals surface area contributed by atoms with Gasteiger partial charge in [0, 0.05) is 24.6 Å². The van der Waals surface area contributed by atoms with Crippen molar-refractivity contribution in [3.8, 4) is 5.75 Å². The van der Waals surface area contributed by atoms with E-state index in [2.05, 4.69) is 5.32 Å². The van der Waals surface area contributed by atoms with Crippen LogP contribution in [0.15, 0.2) is 42.5 Å². The molecule has 3 amide bonds. The number of imide groups is 1. The first-order chi connectivity index (χ1) is 13.3. The van der Waals surface area contributed by atoms with E-state index in [1.807, 2.05) is 19.1 Å². The van der Waals surface area contributed by atoms with Crippen LogP contribution in [0.2, 0.25) is 0 Å². The molecular weight excluding hydrogens is 364 g/mol. The molecule has 8 heteroatoms. The first kappa shape index (κ1) is 19.1. The summed E-state index contributed by atoms with van der Waals surface area (Å²) >= 11 is 0. The third-order valence-electron chi connectivity index (χ3n) is 4.18. The van der Waals surface area contributed by atoms with Gasteiger partial charge in [-0.2, -0.15) is 0 Å². The molecule has 0 saturated heterocycles. The standard InChI is InChI=1S/C20H18N2O6/c1-12-2-5-14(6-3-12)28-11-17(23)21-13-4-7-15-16(10-13)20(27)22(19(15)26)9-8-18(24)25/h2-7,10H,8-9,11H2,1H3,(H,21,23)(H,24,25)/p-1. The molecule has 28 heavy (non-hydrogen) atoms. The van der Waals surface area contributed by atoms with Gasteiger partial charge in [-0.3, -0.25) is 19.3 Å². The smallest absolute Gasteiger partial charge is 0.262 e. The van der Waals surface area contributed by atoms with Gasteiger partial charge in [0.1, 0.15) is 5.75 Å². The summed E-state index contributed by atoms with van der Waals surface area (Å²) in [6.07, 6.45) is -0.439. The number of benzene rings is 2. The van der Waals surface area contributed by atoms with Crippen molar-refractivity contribution in [2.75, 3.05) is 18.5 Å². The van der Waals surface area contributed by atoms with Gasteiger partial charge in [-0.15, -0.1) is 0 Å². The van der Waals surface area contributed by atoms with E-state index in [0.717, 1.165) is 10.5 Å². The molecule has 1 aliphatic heterocycles. The lowest BCUT2D eigenvalue weighted by atomic mass is 10.1. The number of fused-ring (bicyclic) bond motifs is 1. The van der Waals surface area contributed by atoms with Crippen LogP contribution in [0.4, 0.5) is 5.69 Å². The predicted octanol–water partition coefficient (Wildman–Crippen LogP) is 0.749. The van der Waals surface area contributed by atoms with Gasteiger partial charge >= 0.3 is 0 Å². The fraction of sp³-hybridized carbons (Fsp3) is 0.200. The van der Waals surface area contributed by atoms with Crippen molar-refractivity contribution in [2.45, 2.75) is 13.3 Å². The van der Waals surface area contributed by atoms with Gasteiger partial charge in [0.25, 0.3) is 17.7 Å². The minimum absolute atomic E-state index is 0.112. The van der Waals surface area contributed by atoms with Crippen molar-refractivity contribution >= 4 is 29.4 Å². The second-order valence-electron chi connectivity index (χ2n) is 6.29. The number of rotatable bonds is 7. The molecule has 0 spiro atoms. The number of nitrogens with zero attached hydrogens (tertiary/aromatic N) is 1. The number of hydrogen-bond acceptors (Lipinski definition) is 6. The van der Waals surface area contributed by atoms with Crippen LogP contribution in [-0.2, 0) is 9.59 Å². The van der Waals surface area contributed by atoms with Crippen molar-refractivity contribution in [3.63, 3.8) is 0 Å². The first-order valence-electron chi connectivity index (χ1n) is 8.54. The molecule has 0 aromatic heterocycles. The second kappa shape index (κ2) is 7.91. The summed E-state index contributed by atoms with van der Waals surface area (Å²) in [4.78, 5) is 48.1. The molecule has 1 heterocycles. The summed E-state index contributed by atoms with van der Waals surface area (Å²) in [6, 6.07) is 11.5. The van der Waals surface area contributed by atoms with Crippen molar-refractivity contribution in [2.24, 2.45) is 0 Å². The van der Waals surface area contributed by atoms with E-state index in [1.54, 1.807) is 12.1 Å². The van der Waals surface area contributed by atoms with Crippen molar-refractivity contribution < 1.29 is 29.0 Å². The van der Waals surface area contributed by atoms with Crippen molar-refractivity contribution in [3.05, 3.63) is 59.2 Å². The second-order valence-corrected chi connectivity index (χ2v) is 6.29. The van der Waals surface area contributed by atoms with Crippen LogP contribution in [0.5, 0.6) is 5.75 Å². The van der Waals surface area contributed by atoms with Crippen LogP contribution in [0.3, 0.4) is 0 Å². The van der Waals surface area contributed by atoms with E-state index >= 15 is 0 Å². The Bertz CT molecular complexity index is 952. The number of amides is 3. The average molecular weight is 381 g/mol. The molecule has 0 aliphatic carbocycles. The molecule has 0 saturated carbocycles. The van der Waals surface area contributed by atoms with Crippen LogP contribution in [0, 0.1) is 6.92 Å². The molecule has 0 bridgehead atoms. The number of anilines is 1. The van der Waals surface area contributed by atoms with Crippen molar-refractivity contribution in [1.29, 1.82) is 0 Å². The Kier molecular flexibility index (Phi) is 5.39. The maximum absolute atomic E-state index is 12.4. The summed E-state index contributed by atoms with van der Waals surface area (Å²) in [5.41, 5.74) is 1.68. The minimum atomic E-state index is -1.35. The lowest BCUT2D eigenvalue weighted by Crippen LogP contribution is -2.34. The van der Waals surface area contributed by atoms with E-state index in [1.165, 1.54) is 18.2 Å². The zero-order chi connectivity index (χ0) is 20.3. The Balaban J connectivity index is 1.63. The van der Waals surface area contributed by atoms with Gasteiger partial charge in [-0.1, -0.05) is 17.7 Å². The Morgan fingerprint density at radius 1 is 1.04 bits per heavy atom. The van der Waals surface area contributed by atoms with E-state index in [9.17, 15) is 24.3 Å². The molecule has 3 rings (SSSR count). The Morgan fingerprint density at radius 3 is 2.39 bits per heavy atom. The number of ether oxygens (including phenoxy) is 1. The zero-order valence-electron chi connectivity index (χ0n) is 15.1. The highest BCUT2D eigenvalue weighted by atomic mass is 16.5. The van der Waals surface area contributed by atoms with Gasteiger partial charge in [-0.05, 0) is 37.3 Å². The first-order valence-corrected chi connectivity index (χ1v) is 8.54. The number of hydrogen-bond donors (Lipinski definition) is 1. The van der Waals surface area contributed by atoms with E-state index in [-0.39, 0.29) is 24.3 Å². The number of carboxylic acids is 1. The lowest BCUT2D eigenvalue weighted by molar-refractivity contribution is -0.305. The van der Waals surface area contributed by atoms with E-state index < -0.39 is 30.1 Å². The molecule has 1 aliphatic rings. The predicted molar refractivity (Wildman–Crippen MR) is 96.7 cm³/mol. The third kappa shape index (κ3) is 4.17. The molecule has 144 valence electrons. The molecule has 0 atom stereocenters. The van der Waals surface area contributed by atoms with Gasteiger partial charge in [0.15, 0.2) is 6.61 Å². The Morgan fingerprint density at radius 2 is 1.71 bits per heavy atom. The summed E-state index contributed by atoms with van der Waals surface area (Å²) < 4.78 is 5.39. The molecule has 0 unspecified atom stereocenters. The fourth-order valence-electron chi connectivity index (χ4n) is 2.76. The van der Waals surface area contributed by atoms with Gasteiger partial charge in [-0.25, -0.2) is 0 Å². The highest BCUT2D eigenvalue weighted by Crippen LogP contribution is 2.26. The number of carbonyl (C=O) groups is 4. The van der Waals surface area contributed by atoms with Gasteiger partial charge < -0.3 is 20.0 Å². The molecule has 8 nitrogen and oxygen atoms in total.